The fourth-order valence-corrected chi connectivity index (χ4v) is 8.38. The molecule has 0 aliphatic rings. The van der Waals surface area contributed by atoms with Crippen LogP contribution in [0.5, 0.6) is 0 Å². The van der Waals surface area contributed by atoms with Gasteiger partial charge in [0.2, 0.25) is 0 Å². The molecule has 0 unspecified atom stereocenters. The second kappa shape index (κ2) is 11.5. The second-order valence-electron chi connectivity index (χ2n) is 14.0. The minimum Gasteiger partial charge on any atom is -0.456 e. The summed E-state index contributed by atoms with van der Waals surface area (Å²) in [6.45, 7) is 0. The van der Waals surface area contributed by atoms with E-state index in [0.717, 1.165) is 98.8 Å². The quantitative estimate of drug-likeness (QED) is 0.182. The van der Waals surface area contributed by atoms with E-state index in [2.05, 4.69) is 89.5 Å². The summed E-state index contributed by atoms with van der Waals surface area (Å²) >= 11 is 0. The standard InChI is InChI=1S/C49H28N4O2/c1-3-14-29(15-4-1)47-50-48(30-16-5-2-6-17-30)52-49(51-47)35-22-13-25-43-45(35)38-27-40(31-18-7-8-21-34(31)46(38)55-43)53-39-23-11-9-19-32(39)36-28-44-37(26-41(36)53)33-20-10-12-24-42(33)54-44/h1-28H. The first-order chi connectivity index (χ1) is 27.3. The molecular formula is C49H28N4O2. The lowest BCUT2D eigenvalue weighted by atomic mass is 10.0. The van der Waals surface area contributed by atoms with Crippen molar-refractivity contribution in [3.8, 4) is 39.9 Å². The second-order valence-corrected chi connectivity index (χ2v) is 14.0. The third-order valence-corrected chi connectivity index (χ3v) is 10.8. The highest BCUT2D eigenvalue weighted by atomic mass is 16.3. The van der Waals surface area contributed by atoms with Crippen LogP contribution in [0.2, 0.25) is 0 Å². The average molecular weight is 705 g/mol. The smallest absolute Gasteiger partial charge is 0.164 e. The first kappa shape index (κ1) is 29.9. The molecule has 0 atom stereocenters. The largest absolute Gasteiger partial charge is 0.456 e. The molecule has 0 N–H and O–H groups in total. The molecule has 0 spiro atoms. The first-order valence-corrected chi connectivity index (χ1v) is 18.4. The van der Waals surface area contributed by atoms with E-state index in [4.69, 9.17) is 23.8 Å². The van der Waals surface area contributed by atoms with Crippen LogP contribution in [0.25, 0.3) is 116 Å². The van der Waals surface area contributed by atoms with Gasteiger partial charge in [-0.2, -0.15) is 0 Å². The van der Waals surface area contributed by atoms with Gasteiger partial charge < -0.3 is 13.4 Å². The molecule has 12 aromatic rings. The molecule has 6 heteroatoms. The van der Waals surface area contributed by atoms with Crippen molar-refractivity contribution in [1.82, 2.24) is 19.5 Å². The van der Waals surface area contributed by atoms with E-state index in [1.807, 2.05) is 84.9 Å². The van der Waals surface area contributed by atoms with Crippen LogP contribution in [-0.4, -0.2) is 19.5 Å². The molecule has 55 heavy (non-hydrogen) atoms. The minimum absolute atomic E-state index is 0.585. The van der Waals surface area contributed by atoms with Crippen LogP contribution < -0.4 is 0 Å². The predicted octanol–water partition coefficient (Wildman–Crippen LogP) is 12.9. The van der Waals surface area contributed by atoms with E-state index in [9.17, 15) is 0 Å². The van der Waals surface area contributed by atoms with Gasteiger partial charge in [0, 0.05) is 59.8 Å². The molecule has 12 rings (SSSR count). The van der Waals surface area contributed by atoms with Gasteiger partial charge in [0.15, 0.2) is 17.5 Å². The Labute approximate surface area is 313 Å². The summed E-state index contributed by atoms with van der Waals surface area (Å²) in [7, 11) is 0. The Morgan fingerprint density at radius 1 is 0.364 bits per heavy atom. The highest BCUT2D eigenvalue weighted by Gasteiger charge is 2.23. The van der Waals surface area contributed by atoms with Gasteiger partial charge in [-0.25, -0.2) is 15.0 Å². The predicted molar refractivity (Wildman–Crippen MR) is 223 cm³/mol. The van der Waals surface area contributed by atoms with Crippen molar-refractivity contribution in [3.63, 3.8) is 0 Å². The van der Waals surface area contributed by atoms with Crippen molar-refractivity contribution in [1.29, 1.82) is 0 Å². The highest BCUT2D eigenvalue weighted by molar-refractivity contribution is 6.22. The van der Waals surface area contributed by atoms with Crippen molar-refractivity contribution >= 4 is 76.5 Å². The topological polar surface area (TPSA) is 69.9 Å². The summed E-state index contributed by atoms with van der Waals surface area (Å²) in [5.74, 6) is 1.81. The van der Waals surface area contributed by atoms with Gasteiger partial charge in [0.05, 0.1) is 16.7 Å². The molecule has 8 aromatic carbocycles. The molecule has 256 valence electrons. The normalized spacial score (nSPS) is 12.0. The number of benzene rings is 8. The van der Waals surface area contributed by atoms with E-state index in [-0.39, 0.29) is 0 Å². The Kier molecular flexibility index (Phi) is 6.24. The highest BCUT2D eigenvalue weighted by Crippen LogP contribution is 2.44. The number of para-hydroxylation sites is 2. The van der Waals surface area contributed by atoms with Gasteiger partial charge in [0.25, 0.3) is 0 Å². The number of furan rings is 2. The number of fused-ring (bicyclic) bond motifs is 11. The van der Waals surface area contributed by atoms with Crippen LogP contribution in [-0.2, 0) is 0 Å². The number of hydrogen-bond donors (Lipinski definition) is 0. The van der Waals surface area contributed by atoms with Gasteiger partial charge >= 0.3 is 0 Å². The van der Waals surface area contributed by atoms with Gasteiger partial charge in [-0.3, -0.25) is 0 Å². The van der Waals surface area contributed by atoms with Crippen molar-refractivity contribution < 1.29 is 8.83 Å². The Hall–Kier alpha value is -7.57. The van der Waals surface area contributed by atoms with E-state index in [1.165, 1.54) is 0 Å². The van der Waals surface area contributed by atoms with Crippen molar-refractivity contribution in [2.45, 2.75) is 0 Å². The van der Waals surface area contributed by atoms with Crippen LogP contribution in [0, 0.1) is 0 Å². The molecule has 6 nitrogen and oxygen atoms in total. The summed E-state index contributed by atoms with van der Waals surface area (Å²) in [5, 5.41) is 8.55. The molecular weight excluding hydrogens is 677 g/mol. The van der Waals surface area contributed by atoms with Crippen LogP contribution in [0.15, 0.2) is 179 Å². The Bertz CT molecular complexity index is 3430. The van der Waals surface area contributed by atoms with Crippen LogP contribution in [0.4, 0.5) is 0 Å². The number of nitrogens with zero attached hydrogens (tertiary/aromatic N) is 4. The van der Waals surface area contributed by atoms with E-state index >= 15 is 0 Å². The van der Waals surface area contributed by atoms with Gasteiger partial charge in [-0.05, 0) is 36.4 Å². The average Bonchev–Trinajstić information content (AvgIpc) is 3.92. The lowest BCUT2D eigenvalue weighted by molar-refractivity contribution is 0.669. The third-order valence-electron chi connectivity index (χ3n) is 10.8. The molecule has 0 fully saturated rings. The molecule has 0 bridgehead atoms. The maximum atomic E-state index is 6.81. The maximum absolute atomic E-state index is 6.81. The summed E-state index contributed by atoms with van der Waals surface area (Å²) in [6, 6.07) is 58.5. The zero-order chi connectivity index (χ0) is 36.0. The molecule has 4 heterocycles. The monoisotopic (exact) mass is 704 g/mol. The maximum Gasteiger partial charge on any atom is 0.164 e. The van der Waals surface area contributed by atoms with Gasteiger partial charge in [-0.15, -0.1) is 0 Å². The van der Waals surface area contributed by atoms with Crippen molar-refractivity contribution in [2.75, 3.05) is 0 Å². The van der Waals surface area contributed by atoms with E-state index in [1.54, 1.807) is 0 Å². The fraction of sp³-hybridized carbons (Fsp3) is 0. The number of aromatic nitrogens is 4. The summed E-state index contributed by atoms with van der Waals surface area (Å²) < 4.78 is 15.6. The SMILES string of the molecule is c1ccc(-c2nc(-c3ccccc3)nc(-c3cccc4oc5c6ccccc6c(-n6c7ccccc7c7cc8oc9ccccc9c8cc76)cc5c34)n2)cc1. The van der Waals surface area contributed by atoms with Crippen LogP contribution in [0.1, 0.15) is 0 Å². The summed E-state index contributed by atoms with van der Waals surface area (Å²) in [6.07, 6.45) is 0. The molecule has 4 aromatic heterocycles. The fourth-order valence-electron chi connectivity index (χ4n) is 8.38. The Morgan fingerprint density at radius 2 is 0.982 bits per heavy atom. The molecule has 0 amide bonds. The van der Waals surface area contributed by atoms with Crippen LogP contribution in [0.3, 0.4) is 0 Å². The molecule has 0 radical (unpaired) electrons. The molecule has 0 aliphatic carbocycles. The molecule has 0 saturated heterocycles. The zero-order valence-corrected chi connectivity index (χ0v) is 29.3. The number of rotatable bonds is 4. The van der Waals surface area contributed by atoms with E-state index < -0.39 is 0 Å². The summed E-state index contributed by atoms with van der Waals surface area (Å²) in [4.78, 5) is 15.2. The molecule has 0 aliphatic heterocycles. The Balaban J connectivity index is 1.18. The molecule has 0 saturated carbocycles. The van der Waals surface area contributed by atoms with Crippen molar-refractivity contribution in [2.24, 2.45) is 0 Å². The lowest BCUT2D eigenvalue weighted by Crippen LogP contribution is -2.00. The Morgan fingerprint density at radius 3 is 1.75 bits per heavy atom. The first-order valence-electron chi connectivity index (χ1n) is 18.4. The number of hydrogen-bond acceptors (Lipinski definition) is 5. The lowest BCUT2D eigenvalue weighted by Gasteiger charge is -2.13. The van der Waals surface area contributed by atoms with Gasteiger partial charge in [-0.1, -0.05) is 133 Å². The van der Waals surface area contributed by atoms with Crippen LogP contribution >= 0.6 is 0 Å². The van der Waals surface area contributed by atoms with Gasteiger partial charge in [0.1, 0.15) is 22.3 Å². The summed E-state index contributed by atoms with van der Waals surface area (Å²) in [5.41, 5.74) is 9.36. The third kappa shape index (κ3) is 4.46. The zero-order valence-electron chi connectivity index (χ0n) is 29.3. The van der Waals surface area contributed by atoms with Crippen molar-refractivity contribution in [3.05, 3.63) is 170 Å². The van der Waals surface area contributed by atoms with E-state index in [0.29, 0.717) is 17.5 Å². The minimum atomic E-state index is 0.585.